The summed E-state index contributed by atoms with van der Waals surface area (Å²) in [5.41, 5.74) is 1.95. The van der Waals surface area contributed by atoms with Gasteiger partial charge in [0.1, 0.15) is 5.82 Å². The van der Waals surface area contributed by atoms with Gasteiger partial charge >= 0.3 is 0 Å². The molecule has 2 bridgehead atoms. The molecule has 0 radical (unpaired) electrons. The van der Waals surface area contributed by atoms with E-state index in [1.54, 1.807) is 12.1 Å². The predicted molar refractivity (Wildman–Crippen MR) is 130 cm³/mol. The summed E-state index contributed by atoms with van der Waals surface area (Å²) in [7, 11) is -3.17. The molecule has 4 aliphatic heterocycles. The SMILES string of the molecule is CS(=O)(=O)c1ccc(-c2cn3c(n2)CC[C@H](C2CCN(C4CC5CCC(C4)N5)CC2)C3)cc1. The van der Waals surface area contributed by atoms with E-state index in [4.69, 9.17) is 4.98 Å². The van der Waals surface area contributed by atoms with Crippen molar-refractivity contribution in [1.29, 1.82) is 0 Å². The van der Waals surface area contributed by atoms with Crippen LogP contribution in [0.3, 0.4) is 0 Å². The van der Waals surface area contributed by atoms with Crippen molar-refractivity contribution in [3.05, 3.63) is 36.3 Å². The Morgan fingerprint density at radius 1 is 0.939 bits per heavy atom. The van der Waals surface area contributed by atoms with Crippen LogP contribution in [0.25, 0.3) is 11.3 Å². The summed E-state index contributed by atoms with van der Waals surface area (Å²) in [5, 5.41) is 3.79. The zero-order valence-electron chi connectivity index (χ0n) is 19.6. The number of piperidine rings is 2. The van der Waals surface area contributed by atoms with Gasteiger partial charge in [-0.2, -0.15) is 0 Å². The molecule has 6 rings (SSSR count). The first-order chi connectivity index (χ1) is 15.9. The van der Waals surface area contributed by atoms with E-state index in [1.165, 1.54) is 70.1 Å². The van der Waals surface area contributed by atoms with Gasteiger partial charge in [-0.1, -0.05) is 12.1 Å². The number of rotatable bonds is 4. The summed E-state index contributed by atoms with van der Waals surface area (Å²) in [6.07, 6.45) is 13.9. The third-order valence-electron chi connectivity index (χ3n) is 8.81. The second kappa shape index (κ2) is 8.51. The van der Waals surface area contributed by atoms with Crippen molar-refractivity contribution in [2.24, 2.45) is 11.8 Å². The third-order valence-corrected chi connectivity index (χ3v) is 9.94. The highest BCUT2D eigenvalue weighted by molar-refractivity contribution is 7.90. The van der Waals surface area contributed by atoms with Crippen molar-refractivity contribution in [3.8, 4) is 11.3 Å². The molecule has 178 valence electrons. The summed E-state index contributed by atoms with van der Waals surface area (Å²) in [6.45, 7) is 3.63. The molecule has 33 heavy (non-hydrogen) atoms. The van der Waals surface area contributed by atoms with Gasteiger partial charge in [0.15, 0.2) is 9.84 Å². The molecule has 0 spiro atoms. The lowest BCUT2D eigenvalue weighted by Crippen LogP contribution is -2.51. The number of imidazole rings is 1. The third kappa shape index (κ3) is 4.40. The molecular weight excluding hydrogens is 432 g/mol. The summed E-state index contributed by atoms with van der Waals surface area (Å²) in [5.74, 6) is 2.75. The van der Waals surface area contributed by atoms with Crippen LogP contribution in [0.2, 0.25) is 0 Å². The Balaban J connectivity index is 1.08. The maximum Gasteiger partial charge on any atom is 0.175 e. The Morgan fingerprint density at radius 2 is 1.64 bits per heavy atom. The summed E-state index contributed by atoms with van der Waals surface area (Å²) < 4.78 is 25.9. The van der Waals surface area contributed by atoms with Crippen molar-refractivity contribution in [1.82, 2.24) is 19.8 Å². The number of aromatic nitrogens is 2. The monoisotopic (exact) mass is 468 g/mol. The molecule has 0 saturated carbocycles. The van der Waals surface area contributed by atoms with E-state index >= 15 is 0 Å². The first-order valence-corrected chi connectivity index (χ1v) is 14.7. The summed E-state index contributed by atoms with van der Waals surface area (Å²) in [4.78, 5) is 8.06. The van der Waals surface area contributed by atoms with Gasteiger partial charge in [-0.15, -0.1) is 0 Å². The number of nitrogens with one attached hydrogen (secondary N) is 1. The van der Waals surface area contributed by atoms with Crippen LogP contribution in [-0.4, -0.2) is 60.3 Å². The van der Waals surface area contributed by atoms with Crippen LogP contribution in [0.1, 0.15) is 50.8 Å². The molecule has 4 aliphatic rings. The minimum Gasteiger partial charge on any atom is -0.334 e. The van der Waals surface area contributed by atoms with E-state index in [0.717, 1.165) is 54.2 Å². The minimum absolute atomic E-state index is 0.360. The van der Waals surface area contributed by atoms with Crippen LogP contribution in [0, 0.1) is 11.8 Å². The fourth-order valence-corrected chi connectivity index (χ4v) is 7.58. The second-order valence-electron chi connectivity index (χ2n) is 10.9. The van der Waals surface area contributed by atoms with Gasteiger partial charge in [0.2, 0.25) is 0 Å². The Morgan fingerprint density at radius 3 is 2.30 bits per heavy atom. The molecule has 0 aliphatic carbocycles. The van der Waals surface area contributed by atoms with Crippen LogP contribution < -0.4 is 5.32 Å². The van der Waals surface area contributed by atoms with Crippen molar-refractivity contribution in [3.63, 3.8) is 0 Å². The van der Waals surface area contributed by atoms with E-state index in [2.05, 4.69) is 21.0 Å². The molecule has 1 aromatic heterocycles. The standard InChI is InChI=1S/C26H36N4O2S/c1-33(31,32)24-7-2-19(3-8-24)25-17-30-16-20(4-9-26(30)28-25)18-10-12-29(13-11-18)23-14-21-5-6-22(15-23)27-21/h2-3,7-8,17-18,20-23,27H,4-6,9-16H2,1H3/t20-,21?,22?,23?/m0/s1. The molecule has 2 aromatic rings. The summed E-state index contributed by atoms with van der Waals surface area (Å²) in [6, 6.07) is 9.51. The quantitative estimate of drug-likeness (QED) is 0.744. The highest BCUT2D eigenvalue weighted by atomic mass is 32.2. The van der Waals surface area contributed by atoms with E-state index in [0.29, 0.717) is 4.90 Å². The van der Waals surface area contributed by atoms with Crippen LogP contribution in [0.4, 0.5) is 0 Å². The smallest absolute Gasteiger partial charge is 0.175 e. The average molecular weight is 469 g/mol. The van der Waals surface area contributed by atoms with Crippen molar-refractivity contribution in [2.45, 2.75) is 80.9 Å². The van der Waals surface area contributed by atoms with Crippen LogP contribution >= 0.6 is 0 Å². The Bertz CT molecular complexity index is 1090. The van der Waals surface area contributed by atoms with Crippen molar-refractivity contribution >= 4 is 9.84 Å². The molecule has 5 heterocycles. The topological polar surface area (TPSA) is 67.2 Å². The highest BCUT2D eigenvalue weighted by Gasteiger charge is 2.38. The fraction of sp³-hybridized carbons (Fsp3) is 0.654. The lowest BCUT2D eigenvalue weighted by atomic mass is 9.79. The first kappa shape index (κ1) is 21.8. The second-order valence-corrected chi connectivity index (χ2v) is 12.9. The molecular formula is C26H36N4O2S. The number of benzene rings is 1. The molecule has 3 atom stereocenters. The number of likely N-dealkylation sites (tertiary alicyclic amines) is 1. The summed E-state index contributed by atoms with van der Waals surface area (Å²) >= 11 is 0. The van der Waals surface area contributed by atoms with Gasteiger partial charge in [0, 0.05) is 49.1 Å². The minimum atomic E-state index is -3.17. The van der Waals surface area contributed by atoms with Crippen molar-refractivity contribution in [2.75, 3.05) is 19.3 Å². The number of hydrogen-bond acceptors (Lipinski definition) is 5. The van der Waals surface area contributed by atoms with E-state index in [-0.39, 0.29) is 0 Å². The van der Waals surface area contributed by atoms with Gasteiger partial charge < -0.3 is 14.8 Å². The molecule has 7 heteroatoms. The number of sulfone groups is 1. The van der Waals surface area contributed by atoms with Crippen LogP contribution in [0.15, 0.2) is 35.4 Å². The van der Waals surface area contributed by atoms with Gasteiger partial charge in [0.25, 0.3) is 0 Å². The average Bonchev–Trinajstić information content (AvgIpc) is 3.40. The molecule has 1 N–H and O–H groups in total. The fourth-order valence-electron chi connectivity index (χ4n) is 6.95. The lowest BCUT2D eigenvalue weighted by molar-refractivity contribution is 0.0725. The highest BCUT2D eigenvalue weighted by Crippen LogP contribution is 2.37. The number of hydrogen-bond donors (Lipinski definition) is 1. The number of nitrogens with zero attached hydrogens (tertiary/aromatic N) is 3. The maximum atomic E-state index is 11.7. The number of aryl methyl sites for hydroxylation is 1. The molecule has 3 saturated heterocycles. The van der Waals surface area contributed by atoms with Gasteiger partial charge in [-0.25, -0.2) is 13.4 Å². The predicted octanol–water partition coefficient (Wildman–Crippen LogP) is 3.51. The zero-order valence-corrected chi connectivity index (χ0v) is 20.4. The molecule has 2 unspecified atom stereocenters. The van der Waals surface area contributed by atoms with Crippen molar-refractivity contribution < 1.29 is 8.42 Å². The Labute approximate surface area is 197 Å². The van der Waals surface area contributed by atoms with Crippen LogP contribution in [-0.2, 0) is 22.8 Å². The zero-order chi connectivity index (χ0) is 22.6. The Kier molecular flexibility index (Phi) is 5.62. The maximum absolute atomic E-state index is 11.7. The van der Waals surface area contributed by atoms with E-state index < -0.39 is 9.84 Å². The Hall–Kier alpha value is -1.70. The lowest BCUT2D eigenvalue weighted by Gasteiger charge is -2.43. The molecule has 1 aromatic carbocycles. The van der Waals surface area contributed by atoms with E-state index in [9.17, 15) is 8.42 Å². The van der Waals surface area contributed by atoms with E-state index in [1.807, 2.05) is 12.1 Å². The van der Waals surface area contributed by atoms with Crippen LogP contribution in [0.5, 0.6) is 0 Å². The molecule has 3 fully saturated rings. The first-order valence-electron chi connectivity index (χ1n) is 12.8. The largest absolute Gasteiger partial charge is 0.334 e. The van der Waals surface area contributed by atoms with Gasteiger partial charge in [-0.05, 0) is 82.0 Å². The number of fused-ring (bicyclic) bond motifs is 3. The molecule has 0 amide bonds. The van der Waals surface area contributed by atoms with Gasteiger partial charge in [0.05, 0.1) is 10.6 Å². The normalized spacial score (nSPS) is 30.9. The van der Waals surface area contributed by atoms with Gasteiger partial charge in [-0.3, -0.25) is 0 Å². The molecule has 6 nitrogen and oxygen atoms in total.